The van der Waals surface area contributed by atoms with Crippen molar-refractivity contribution in [2.45, 2.75) is 31.9 Å². The van der Waals surface area contributed by atoms with E-state index in [1.165, 1.54) is 18.2 Å². The van der Waals surface area contributed by atoms with Gasteiger partial charge in [0.1, 0.15) is 11.4 Å². The van der Waals surface area contributed by atoms with Crippen LogP contribution < -0.4 is 14.8 Å². The van der Waals surface area contributed by atoms with Crippen LogP contribution >= 0.6 is 11.6 Å². The number of sulfonamides is 1. The fraction of sp³-hybridized carbons (Fsp3) is 0.316. The molecule has 0 radical (unpaired) electrons. The third-order valence-corrected chi connectivity index (χ3v) is 5.13. The summed E-state index contributed by atoms with van der Waals surface area (Å²) in [6, 6.07) is 11.7. The van der Waals surface area contributed by atoms with Crippen LogP contribution in [0, 0.1) is 0 Å². The van der Waals surface area contributed by atoms with Crippen LogP contribution in [0.4, 0.5) is 5.69 Å². The van der Waals surface area contributed by atoms with E-state index in [-0.39, 0.29) is 28.2 Å². The summed E-state index contributed by atoms with van der Waals surface area (Å²) in [7, 11) is -3.46. The smallest absolute Gasteiger partial charge is 0.253 e. The maximum Gasteiger partial charge on any atom is 0.253 e. The second kappa shape index (κ2) is 7.05. The van der Waals surface area contributed by atoms with Crippen molar-refractivity contribution >= 4 is 33.2 Å². The van der Waals surface area contributed by atoms with Crippen LogP contribution in [-0.2, 0) is 10.0 Å². The third-order valence-electron chi connectivity index (χ3n) is 4.20. The predicted octanol–water partition coefficient (Wildman–Crippen LogP) is 3.74. The highest BCUT2D eigenvalue weighted by atomic mass is 35.5. The number of rotatable bonds is 4. The van der Waals surface area contributed by atoms with E-state index in [2.05, 4.69) is 10.0 Å². The Morgan fingerprint density at radius 3 is 2.63 bits per heavy atom. The van der Waals surface area contributed by atoms with Crippen molar-refractivity contribution < 1.29 is 17.9 Å². The van der Waals surface area contributed by atoms with E-state index in [0.717, 1.165) is 17.6 Å². The summed E-state index contributed by atoms with van der Waals surface area (Å²) in [5.41, 5.74) is 0.939. The largest absolute Gasteiger partial charge is 0.487 e. The molecule has 0 saturated carbocycles. The molecule has 1 atom stereocenters. The molecule has 0 saturated heterocycles. The van der Waals surface area contributed by atoms with Crippen molar-refractivity contribution in [3.05, 3.63) is 58.6 Å². The van der Waals surface area contributed by atoms with Gasteiger partial charge in [0.05, 0.1) is 22.9 Å². The fourth-order valence-electron chi connectivity index (χ4n) is 3.14. The first-order valence-corrected chi connectivity index (χ1v) is 10.7. The maximum absolute atomic E-state index is 12.9. The molecule has 2 aromatic carbocycles. The van der Waals surface area contributed by atoms with Crippen molar-refractivity contribution in [1.29, 1.82) is 0 Å². The second-order valence-electron chi connectivity index (χ2n) is 7.20. The van der Waals surface area contributed by atoms with Crippen LogP contribution in [0.3, 0.4) is 0 Å². The molecule has 0 spiro atoms. The molecule has 0 aliphatic carbocycles. The first kappa shape index (κ1) is 19.5. The van der Waals surface area contributed by atoms with Gasteiger partial charge in [0, 0.05) is 17.7 Å². The number of hydrogen-bond acceptors (Lipinski definition) is 4. The zero-order valence-electron chi connectivity index (χ0n) is 15.2. The van der Waals surface area contributed by atoms with E-state index in [1.54, 1.807) is 0 Å². The van der Waals surface area contributed by atoms with Crippen LogP contribution in [0.2, 0.25) is 5.02 Å². The molecule has 0 bridgehead atoms. The summed E-state index contributed by atoms with van der Waals surface area (Å²) < 4.78 is 31.2. The number of benzene rings is 2. The lowest BCUT2D eigenvalue weighted by Gasteiger charge is -2.37. The SMILES string of the molecule is CC1(C)C[C@H](NC(=O)c2cc(NS(C)(=O)=O)ccc2Cl)c2ccccc2O1. The number of ether oxygens (including phenoxy) is 1. The van der Waals surface area contributed by atoms with Gasteiger partial charge in [-0.3, -0.25) is 9.52 Å². The van der Waals surface area contributed by atoms with Crippen LogP contribution in [0.25, 0.3) is 0 Å². The highest BCUT2D eigenvalue weighted by Crippen LogP contribution is 2.39. The molecular formula is C19H21ClN2O4S. The average Bonchev–Trinajstić information content (AvgIpc) is 2.54. The highest BCUT2D eigenvalue weighted by Gasteiger charge is 2.34. The Morgan fingerprint density at radius 1 is 1.22 bits per heavy atom. The van der Waals surface area contributed by atoms with Crippen LogP contribution in [0.5, 0.6) is 5.75 Å². The lowest BCUT2D eigenvalue weighted by molar-refractivity contribution is 0.0620. The molecule has 3 rings (SSSR count). The second-order valence-corrected chi connectivity index (χ2v) is 9.35. The lowest BCUT2D eigenvalue weighted by atomic mass is 9.89. The number of hydrogen-bond donors (Lipinski definition) is 2. The van der Waals surface area contributed by atoms with E-state index in [0.29, 0.717) is 6.42 Å². The van der Waals surface area contributed by atoms with E-state index < -0.39 is 15.6 Å². The maximum atomic E-state index is 12.9. The summed E-state index contributed by atoms with van der Waals surface area (Å²) >= 11 is 6.17. The minimum Gasteiger partial charge on any atom is -0.487 e. The molecule has 27 heavy (non-hydrogen) atoms. The molecule has 144 valence electrons. The number of fused-ring (bicyclic) bond motifs is 1. The number of nitrogens with one attached hydrogen (secondary N) is 2. The molecule has 2 aromatic rings. The predicted molar refractivity (Wildman–Crippen MR) is 106 cm³/mol. The van der Waals surface area contributed by atoms with Gasteiger partial charge in [-0.2, -0.15) is 0 Å². The van der Waals surface area contributed by atoms with Gasteiger partial charge >= 0.3 is 0 Å². The Kier molecular flexibility index (Phi) is 5.10. The summed E-state index contributed by atoms with van der Waals surface area (Å²) in [5, 5.41) is 3.24. The Hall–Kier alpha value is -2.25. The zero-order chi connectivity index (χ0) is 19.8. The molecule has 1 aliphatic heterocycles. The van der Waals surface area contributed by atoms with Gasteiger partial charge in [-0.05, 0) is 38.1 Å². The van der Waals surface area contributed by atoms with Crippen molar-refractivity contribution in [3.8, 4) is 5.75 Å². The summed E-state index contributed by atoms with van der Waals surface area (Å²) in [5.74, 6) is 0.354. The van der Waals surface area contributed by atoms with E-state index >= 15 is 0 Å². The minimum absolute atomic E-state index is 0.201. The van der Waals surface area contributed by atoms with E-state index in [4.69, 9.17) is 16.3 Å². The number of amides is 1. The Labute approximate surface area is 163 Å². The molecule has 1 aliphatic rings. The van der Waals surface area contributed by atoms with Crippen LogP contribution in [0.1, 0.15) is 42.2 Å². The number of anilines is 1. The van der Waals surface area contributed by atoms with Crippen molar-refractivity contribution in [3.63, 3.8) is 0 Å². The summed E-state index contributed by atoms with van der Waals surface area (Å²) in [6.45, 7) is 3.93. The standard InChI is InChI=1S/C19H21ClN2O4S/c1-19(2)11-16(13-6-4-5-7-17(13)26-19)21-18(23)14-10-12(8-9-15(14)20)22-27(3,24)25/h4-10,16,22H,11H2,1-3H3,(H,21,23)/t16-/m0/s1. The van der Waals surface area contributed by atoms with Gasteiger partial charge in [0.25, 0.3) is 5.91 Å². The molecule has 0 unspecified atom stereocenters. The molecule has 8 heteroatoms. The van der Waals surface area contributed by atoms with Gasteiger partial charge in [-0.25, -0.2) is 8.42 Å². The molecule has 1 heterocycles. The van der Waals surface area contributed by atoms with Crippen LogP contribution in [-0.4, -0.2) is 26.2 Å². The van der Waals surface area contributed by atoms with Gasteiger partial charge in [0.2, 0.25) is 10.0 Å². The van der Waals surface area contributed by atoms with E-state index in [1.807, 2.05) is 38.1 Å². The first-order chi connectivity index (χ1) is 12.5. The van der Waals surface area contributed by atoms with Gasteiger partial charge in [-0.15, -0.1) is 0 Å². The highest BCUT2D eigenvalue weighted by molar-refractivity contribution is 7.92. The molecule has 0 aromatic heterocycles. The number of carbonyl (C=O) groups is 1. The molecule has 6 nitrogen and oxygen atoms in total. The minimum atomic E-state index is -3.46. The molecular weight excluding hydrogens is 388 g/mol. The van der Waals surface area contributed by atoms with Gasteiger partial charge in [0.15, 0.2) is 0 Å². The van der Waals surface area contributed by atoms with Crippen molar-refractivity contribution in [2.24, 2.45) is 0 Å². The zero-order valence-corrected chi connectivity index (χ0v) is 16.8. The summed E-state index contributed by atoms with van der Waals surface area (Å²) in [4.78, 5) is 12.9. The fourth-order valence-corrected chi connectivity index (χ4v) is 3.90. The molecule has 1 amide bonds. The van der Waals surface area contributed by atoms with Crippen LogP contribution in [0.15, 0.2) is 42.5 Å². The Balaban J connectivity index is 1.88. The molecule has 0 fully saturated rings. The van der Waals surface area contributed by atoms with Gasteiger partial charge in [-0.1, -0.05) is 29.8 Å². The number of carbonyl (C=O) groups excluding carboxylic acids is 1. The monoisotopic (exact) mass is 408 g/mol. The Morgan fingerprint density at radius 2 is 1.93 bits per heavy atom. The topological polar surface area (TPSA) is 84.5 Å². The first-order valence-electron chi connectivity index (χ1n) is 8.40. The van der Waals surface area contributed by atoms with E-state index in [9.17, 15) is 13.2 Å². The van der Waals surface area contributed by atoms with Crippen molar-refractivity contribution in [1.82, 2.24) is 5.32 Å². The number of halogens is 1. The quantitative estimate of drug-likeness (QED) is 0.806. The molecule has 2 N–H and O–H groups in total. The average molecular weight is 409 g/mol. The number of para-hydroxylation sites is 1. The summed E-state index contributed by atoms with van der Waals surface area (Å²) in [6.07, 6.45) is 1.64. The normalized spacial score (nSPS) is 18.1. The third kappa shape index (κ3) is 4.73. The lowest BCUT2D eigenvalue weighted by Crippen LogP contribution is -2.41. The van der Waals surface area contributed by atoms with Crippen molar-refractivity contribution in [2.75, 3.05) is 11.0 Å². The van der Waals surface area contributed by atoms with Gasteiger partial charge < -0.3 is 10.1 Å². The Bertz CT molecular complexity index is 989.